The van der Waals surface area contributed by atoms with Gasteiger partial charge in [0.15, 0.2) is 0 Å². The van der Waals surface area contributed by atoms with E-state index in [0.717, 1.165) is 38.2 Å². The van der Waals surface area contributed by atoms with Crippen molar-refractivity contribution in [2.45, 2.75) is 47.1 Å². The number of nitrogens with one attached hydrogen (secondary N) is 1. The molecule has 0 aliphatic rings. The van der Waals surface area contributed by atoms with Crippen molar-refractivity contribution in [2.75, 3.05) is 20.1 Å². The Hall–Kier alpha value is -2.13. The SMILES string of the molecule is CCCN(C)C=Nc1cc(C)c(CCNCc2ccc(C)cc2)cc1C. The molecule has 0 spiro atoms. The number of aryl methyl sites for hydroxylation is 3. The zero-order valence-electron chi connectivity index (χ0n) is 17.0. The first-order valence-electron chi connectivity index (χ1n) is 9.60. The Morgan fingerprint density at radius 3 is 2.46 bits per heavy atom. The summed E-state index contributed by atoms with van der Waals surface area (Å²) >= 11 is 0. The quantitative estimate of drug-likeness (QED) is 0.393. The van der Waals surface area contributed by atoms with Crippen molar-refractivity contribution in [1.29, 1.82) is 0 Å². The van der Waals surface area contributed by atoms with E-state index in [9.17, 15) is 0 Å². The highest BCUT2D eigenvalue weighted by Gasteiger charge is 2.04. The van der Waals surface area contributed by atoms with Crippen molar-refractivity contribution in [2.24, 2.45) is 4.99 Å². The minimum atomic E-state index is 0.921. The van der Waals surface area contributed by atoms with Crippen molar-refractivity contribution < 1.29 is 0 Å². The number of rotatable bonds is 9. The second-order valence-electron chi connectivity index (χ2n) is 7.20. The van der Waals surface area contributed by atoms with E-state index in [-0.39, 0.29) is 0 Å². The number of hydrogen-bond acceptors (Lipinski definition) is 2. The molecule has 1 N–H and O–H groups in total. The van der Waals surface area contributed by atoms with Crippen LogP contribution in [0.1, 0.15) is 41.2 Å². The summed E-state index contributed by atoms with van der Waals surface area (Å²) in [4.78, 5) is 6.79. The molecule has 0 aliphatic carbocycles. The lowest BCUT2D eigenvalue weighted by Crippen LogP contribution is -2.17. The lowest BCUT2D eigenvalue weighted by molar-refractivity contribution is 0.515. The molecule has 26 heavy (non-hydrogen) atoms. The molecule has 0 heterocycles. The molecule has 0 unspecified atom stereocenters. The van der Waals surface area contributed by atoms with Gasteiger partial charge in [-0.15, -0.1) is 0 Å². The van der Waals surface area contributed by atoms with Gasteiger partial charge in [-0.2, -0.15) is 0 Å². The first-order valence-corrected chi connectivity index (χ1v) is 9.60. The third kappa shape index (κ3) is 6.30. The van der Waals surface area contributed by atoms with Crippen LogP contribution in [0.2, 0.25) is 0 Å². The monoisotopic (exact) mass is 351 g/mol. The molecular formula is C23H33N3. The topological polar surface area (TPSA) is 27.6 Å². The Balaban J connectivity index is 1.89. The Morgan fingerprint density at radius 1 is 1.04 bits per heavy atom. The standard InChI is InChI=1S/C23H33N3/c1-6-13-26(5)17-25-23-15-19(3)22(14-20(23)4)11-12-24-16-21-9-7-18(2)8-10-21/h7-10,14-15,17,24H,6,11-13,16H2,1-5H3. The van der Waals surface area contributed by atoms with Crippen LogP contribution in [-0.2, 0) is 13.0 Å². The van der Waals surface area contributed by atoms with Crippen LogP contribution in [0.15, 0.2) is 41.4 Å². The van der Waals surface area contributed by atoms with Gasteiger partial charge in [-0.3, -0.25) is 0 Å². The molecule has 140 valence electrons. The first-order chi connectivity index (χ1) is 12.5. The van der Waals surface area contributed by atoms with Crippen molar-refractivity contribution >= 4 is 12.0 Å². The molecule has 0 fully saturated rings. The van der Waals surface area contributed by atoms with Crippen molar-refractivity contribution in [1.82, 2.24) is 10.2 Å². The predicted molar refractivity (Wildman–Crippen MR) is 114 cm³/mol. The Kier molecular flexibility index (Phi) is 7.86. The van der Waals surface area contributed by atoms with Gasteiger partial charge in [0.25, 0.3) is 0 Å². The molecular weight excluding hydrogens is 318 g/mol. The smallest absolute Gasteiger partial charge is 0.0909 e. The maximum Gasteiger partial charge on any atom is 0.0909 e. The minimum absolute atomic E-state index is 0.921. The summed E-state index contributed by atoms with van der Waals surface area (Å²) in [5.41, 5.74) is 7.68. The highest BCUT2D eigenvalue weighted by Crippen LogP contribution is 2.23. The fourth-order valence-electron chi connectivity index (χ4n) is 3.00. The van der Waals surface area contributed by atoms with Crippen LogP contribution in [-0.4, -0.2) is 31.4 Å². The second kappa shape index (κ2) is 10.1. The van der Waals surface area contributed by atoms with E-state index in [1.807, 2.05) is 6.34 Å². The van der Waals surface area contributed by atoms with E-state index in [4.69, 9.17) is 0 Å². The molecule has 3 heteroatoms. The maximum absolute atomic E-state index is 4.65. The Labute approximate surface area is 159 Å². The van der Waals surface area contributed by atoms with E-state index in [2.05, 4.69) is 86.3 Å². The van der Waals surface area contributed by atoms with Crippen molar-refractivity contribution in [3.05, 3.63) is 64.2 Å². The summed E-state index contributed by atoms with van der Waals surface area (Å²) in [6.45, 7) is 11.6. The van der Waals surface area contributed by atoms with Gasteiger partial charge >= 0.3 is 0 Å². The number of hydrogen-bond donors (Lipinski definition) is 1. The Bertz CT molecular complexity index is 717. The lowest BCUT2D eigenvalue weighted by atomic mass is 10.0. The summed E-state index contributed by atoms with van der Waals surface area (Å²) in [6.07, 6.45) is 4.11. The first kappa shape index (κ1) is 20.2. The number of aliphatic imine (C=N–C) groups is 1. The zero-order valence-corrected chi connectivity index (χ0v) is 17.0. The van der Waals surface area contributed by atoms with Gasteiger partial charge in [-0.05, 0) is 68.5 Å². The minimum Gasteiger partial charge on any atom is -0.366 e. The number of benzene rings is 2. The van der Waals surface area contributed by atoms with Gasteiger partial charge in [-0.1, -0.05) is 42.8 Å². The highest BCUT2D eigenvalue weighted by molar-refractivity contribution is 5.64. The van der Waals surface area contributed by atoms with Crippen LogP contribution < -0.4 is 5.32 Å². The molecule has 0 saturated carbocycles. The summed E-state index contributed by atoms with van der Waals surface area (Å²) in [5.74, 6) is 0. The third-order valence-corrected chi connectivity index (χ3v) is 4.65. The van der Waals surface area contributed by atoms with Gasteiger partial charge in [-0.25, -0.2) is 4.99 Å². The van der Waals surface area contributed by atoms with E-state index < -0.39 is 0 Å². The summed E-state index contributed by atoms with van der Waals surface area (Å²) in [6, 6.07) is 13.2. The van der Waals surface area contributed by atoms with E-state index in [1.165, 1.54) is 27.8 Å². The fraction of sp³-hybridized carbons (Fsp3) is 0.435. The van der Waals surface area contributed by atoms with Crippen LogP contribution in [0.5, 0.6) is 0 Å². The summed E-state index contributed by atoms with van der Waals surface area (Å²) in [5, 5.41) is 3.55. The number of nitrogens with zero attached hydrogens (tertiary/aromatic N) is 2. The van der Waals surface area contributed by atoms with Crippen molar-refractivity contribution in [3.8, 4) is 0 Å². The molecule has 3 nitrogen and oxygen atoms in total. The van der Waals surface area contributed by atoms with Crippen LogP contribution in [0.25, 0.3) is 0 Å². The Morgan fingerprint density at radius 2 is 1.77 bits per heavy atom. The largest absolute Gasteiger partial charge is 0.366 e. The molecule has 0 atom stereocenters. The lowest BCUT2D eigenvalue weighted by Gasteiger charge is -2.13. The predicted octanol–water partition coefficient (Wildman–Crippen LogP) is 4.95. The molecule has 0 radical (unpaired) electrons. The average Bonchev–Trinajstić information content (AvgIpc) is 2.61. The molecule has 0 aromatic heterocycles. The average molecular weight is 352 g/mol. The molecule has 2 aromatic carbocycles. The van der Waals surface area contributed by atoms with Crippen LogP contribution in [0.3, 0.4) is 0 Å². The van der Waals surface area contributed by atoms with E-state index in [1.54, 1.807) is 0 Å². The zero-order chi connectivity index (χ0) is 18.9. The molecule has 0 saturated heterocycles. The van der Waals surface area contributed by atoms with Gasteiger partial charge in [0.2, 0.25) is 0 Å². The van der Waals surface area contributed by atoms with Crippen LogP contribution in [0, 0.1) is 20.8 Å². The highest BCUT2D eigenvalue weighted by atomic mass is 15.1. The van der Waals surface area contributed by atoms with Gasteiger partial charge in [0, 0.05) is 20.1 Å². The molecule has 0 aliphatic heterocycles. The normalized spacial score (nSPS) is 11.3. The second-order valence-corrected chi connectivity index (χ2v) is 7.20. The van der Waals surface area contributed by atoms with Gasteiger partial charge in [0.05, 0.1) is 12.0 Å². The van der Waals surface area contributed by atoms with E-state index >= 15 is 0 Å². The van der Waals surface area contributed by atoms with Crippen LogP contribution >= 0.6 is 0 Å². The fourth-order valence-corrected chi connectivity index (χ4v) is 3.00. The van der Waals surface area contributed by atoms with Crippen molar-refractivity contribution in [3.63, 3.8) is 0 Å². The third-order valence-electron chi connectivity index (χ3n) is 4.65. The molecule has 0 amide bonds. The van der Waals surface area contributed by atoms with Gasteiger partial charge in [0.1, 0.15) is 0 Å². The molecule has 0 bridgehead atoms. The molecule has 2 rings (SSSR count). The summed E-state index contributed by atoms with van der Waals surface area (Å²) in [7, 11) is 2.07. The van der Waals surface area contributed by atoms with Crippen LogP contribution in [0.4, 0.5) is 5.69 Å². The van der Waals surface area contributed by atoms with E-state index in [0.29, 0.717) is 0 Å². The maximum atomic E-state index is 4.65. The molecule has 2 aromatic rings. The van der Waals surface area contributed by atoms with Gasteiger partial charge < -0.3 is 10.2 Å². The summed E-state index contributed by atoms with van der Waals surface area (Å²) < 4.78 is 0.